The minimum absolute atomic E-state index is 0.209. The Balaban J connectivity index is 2.69. The number of hydrogen-bond acceptors (Lipinski definition) is 3. The second-order valence-electron chi connectivity index (χ2n) is 4.98. The summed E-state index contributed by atoms with van der Waals surface area (Å²) in [6.07, 6.45) is 0.844. The van der Waals surface area contributed by atoms with Gasteiger partial charge in [-0.1, -0.05) is 0 Å². The van der Waals surface area contributed by atoms with Gasteiger partial charge in [-0.25, -0.2) is 4.39 Å². The molecule has 0 atom stereocenters. The van der Waals surface area contributed by atoms with Crippen LogP contribution in [0, 0.1) is 5.82 Å². The van der Waals surface area contributed by atoms with Crippen LogP contribution in [-0.2, 0) is 0 Å². The molecule has 0 fully saturated rings. The Bertz CT molecular complexity index is 374. The molecule has 17 heavy (non-hydrogen) atoms. The van der Waals surface area contributed by atoms with Crippen molar-refractivity contribution in [3.8, 4) is 5.75 Å². The molecule has 4 heteroatoms. The molecule has 0 spiro atoms. The normalized spacial score (nSPS) is 11.4. The summed E-state index contributed by atoms with van der Waals surface area (Å²) in [7, 11) is 3.38. The van der Waals surface area contributed by atoms with Crippen molar-refractivity contribution < 1.29 is 9.13 Å². The van der Waals surface area contributed by atoms with Gasteiger partial charge in [-0.15, -0.1) is 0 Å². The van der Waals surface area contributed by atoms with E-state index < -0.39 is 0 Å². The molecule has 3 nitrogen and oxygen atoms in total. The van der Waals surface area contributed by atoms with E-state index in [1.54, 1.807) is 6.07 Å². The van der Waals surface area contributed by atoms with Crippen molar-refractivity contribution in [3.05, 3.63) is 24.0 Å². The number of benzene rings is 1. The van der Waals surface area contributed by atoms with E-state index in [1.807, 2.05) is 31.9 Å². The number of ether oxygens (including phenoxy) is 1. The number of hydrogen-bond donors (Lipinski definition) is 1. The van der Waals surface area contributed by atoms with Gasteiger partial charge in [0.1, 0.15) is 0 Å². The standard InChI is InChI=1S/C13H21FN2O/c1-13(2,15)7-8-16(3)10-5-6-12(17-4)11(14)9-10/h5-6,9H,7-8,15H2,1-4H3. The highest BCUT2D eigenvalue weighted by molar-refractivity contribution is 5.49. The van der Waals surface area contributed by atoms with E-state index in [0.717, 1.165) is 18.7 Å². The maximum Gasteiger partial charge on any atom is 0.167 e. The van der Waals surface area contributed by atoms with Gasteiger partial charge in [0, 0.05) is 30.9 Å². The van der Waals surface area contributed by atoms with Crippen LogP contribution in [0.3, 0.4) is 0 Å². The molecule has 0 unspecified atom stereocenters. The van der Waals surface area contributed by atoms with Crippen LogP contribution >= 0.6 is 0 Å². The predicted octanol–water partition coefficient (Wildman–Crippen LogP) is 2.40. The van der Waals surface area contributed by atoms with E-state index in [9.17, 15) is 4.39 Å². The summed E-state index contributed by atoms with van der Waals surface area (Å²) in [4.78, 5) is 1.98. The molecule has 0 saturated carbocycles. The average Bonchev–Trinajstić information content (AvgIpc) is 2.24. The van der Waals surface area contributed by atoms with Gasteiger partial charge in [0.15, 0.2) is 11.6 Å². The molecule has 0 aromatic heterocycles. The number of nitrogens with zero attached hydrogens (tertiary/aromatic N) is 1. The van der Waals surface area contributed by atoms with Crippen LogP contribution in [0.4, 0.5) is 10.1 Å². The molecule has 0 bridgehead atoms. The van der Waals surface area contributed by atoms with Crippen molar-refractivity contribution in [2.24, 2.45) is 5.73 Å². The summed E-state index contributed by atoms with van der Waals surface area (Å²) < 4.78 is 18.4. The molecule has 0 amide bonds. The summed E-state index contributed by atoms with van der Waals surface area (Å²) in [5.41, 5.74) is 6.53. The van der Waals surface area contributed by atoms with Gasteiger partial charge in [-0.2, -0.15) is 0 Å². The molecule has 96 valence electrons. The topological polar surface area (TPSA) is 38.5 Å². The maximum atomic E-state index is 13.5. The molecule has 1 aromatic rings. The summed E-state index contributed by atoms with van der Waals surface area (Å²) in [6.45, 7) is 4.75. The lowest BCUT2D eigenvalue weighted by Crippen LogP contribution is -2.36. The van der Waals surface area contributed by atoms with E-state index in [0.29, 0.717) is 0 Å². The Kier molecular flexibility index (Phi) is 4.34. The van der Waals surface area contributed by atoms with Crippen LogP contribution in [0.1, 0.15) is 20.3 Å². The first-order valence-corrected chi connectivity index (χ1v) is 5.67. The van der Waals surface area contributed by atoms with E-state index >= 15 is 0 Å². The zero-order chi connectivity index (χ0) is 13.1. The van der Waals surface area contributed by atoms with Crippen LogP contribution in [0.2, 0.25) is 0 Å². The zero-order valence-corrected chi connectivity index (χ0v) is 11.0. The molecule has 1 rings (SSSR count). The van der Waals surface area contributed by atoms with Crippen molar-refractivity contribution in [2.75, 3.05) is 25.6 Å². The minimum atomic E-state index is -0.344. The van der Waals surface area contributed by atoms with Crippen LogP contribution in [0.25, 0.3) is 0 Å². The fraction of sp³-hybridized carbons (Fsp3) is 0.538. The van der Waals surface area contributed by atoms with E-state index in [2.05, 4.69) is 0 Å². The largest absolute Gasteiger partial charge is 0.494 e. The molecule has 0 aliphatic carbocycles. The van der Waals surface area contributed by atoms with E-state index in [-0.39, 0.29) is 17.1 Å². The van der Waals surface area contributed by atoms with E-state index in [4.69, 9.17) is 10.5 Å². The fourth-order valence-electron chi connectivity index (χ4n) is 1.48. The van der Waals surface area contributed by atoms with Crippen molar-refractivity contribution in [2.45, 2.75) is 25.8 Å². The third-order valence-electron chi connectivity index (χ3n) is 2.67. The molecule has 0 radical (unpaired) electrons. The lowest BCUT2D eigenvalue weighted by atomic mass is 10.0. The Morgan fingerprint density at radius 3 is 2.53 bits per heavy atom. The Morgan fingerprint density at radius 2 is 2.06 bits per heavy atom. The first kappa shape index (κ1) is 13.8. The van der Waals surface area contributed by atoms with E-state index in [1.165, 1.54) is 13.2 Å². The summed E-state index contributed by atoms with van der Waals surface area (Å²) in [5.74, 6) is -0.0786. The van der Waals surface area contributed by atoms with Gasteiger partial charge in [0.2, 0.25) is 0 Å². The lowest BCUT2D eigenvalue weighted by molar-refractivity contribution is 0.386. The average molecular weight is 240 g/mol. The predicted molar refractivity (Wildman–Crippen MR) is 69.1 cm³/mol. The van der Waals surface area contributed by atoms with Gasteiger partial charge in [0.05, 0.1) is 7.11 Å². The Morgan fingerprint density at radius 1 is 1.41 bits per heavy atom. The van der Waals surface area contributed by atoms with Crippen molar-refractivity contribution in [3.63, 3.8) is 0 Å². The third-order valence-corrected chi connectivity index (χ3v) is 2.67. The Hall–Kier alpha value is -1.29. The molecule has 1 aromatic carbocycles. The second kappa shape index (κ2) is 5.36. The molecule has 2 N–H and O–H groups in total. The van der Waals surface area contributed by atoms with Gasteiger partial charge in [-0.3, -0.25) is 0 Å². The summed E-state index contributed by atoms with van der Waals surface area (Å²) >= 11 is 0. The van der Waals surface area contributed by atoms with Crippen molar-refractivity contribution in [1.29, 1.82) is 0 Å². The van der Waals surface area contributed by atoms with Gasteiger partial charge in [0.25, 0.3) is 0 Å². The van der Waals surface area contributed by atoms with Gasteiger partial charge >= 0.3 is 0 Å². The number of anilines is 1. The number of halogens is 1. The maximum absolute atomic E-state index is 13.5. The van der Waals surface area contributed by atoms with Crippen LogP contribution in [0.15, 0.2) is 18.2 Å². The number of nitrogens with two attached hydrogens (primary N) is 1. The molecule has 0 heterocycles. The summed E-state index contributed by atoms with van der Waals surface area (Å²) in [5, 5.41) is 0. The molecular weight excluding hydrogens is 219 g/mol. The van der Waals surface area contributed by atoms with Crippen LogP contribution in [0.5, 0.6) is 5.75 Å². The zero-order valence-electron chi connectivity index (χ0n) is 11.0. The van der Waals surface area contributed by atoms with Gasteiger partial charge < -0.3 is 15.4 Å². The fourth-order valence-corrected chi connectivity index (χ4v) is 1.48. The number of methoxy groups -OCH3 is 1. The molecular formula is C13H21FN2O. The third kappa shape index (κ3) is 4.23. The monoisotopic (exact) mass is 240 g/mol. The number of rotatable bonds is 5. The molecule has 0 aliphatic rings. The Labute approximate surface area is 102 Å². The molecule has 0 aliphatic heterocycles. The highest BCUT2D eigenvalue weighted by atomic mass is 19.1. The second-order valence-corrected chi connectivity index (χ2v) is 4.98. The SMILES string of the molecule is COc1ccc(N(C)CCC(C)(C)N)cc1F. The minimum Gasteiger partial charge on any atom is -0.494 e. The smallest absolute Gasteiger partial charge is 0.167 e. The quantitative estimate of drug-likeness (QED) is 0.859. The highest BCUT2D eigenvalue weighted by Gasteiger charge is 2.13. The van der Waals surface area contributed by atoms with Crippen LogP contribution < -0.4 is 15.4 Å². The van der Waals surface area contributed by atoms with Crippen LogP contribution in [-0.4, -0.2) is 26.2 Å². The van der Waals surface area contributed by atoms with Crippen molar-refractivity contribution in [1.82, 2.24) is 0 Å². The van der Waals surface area contributed by atoms with Gasteiger partial charge in [-0.05, 0) is 32.4 Å². The summed E-state index contributed by atoms with van der Waals surface area (Å²) in [6, 6.07) is 4.95. The highest BCUT2D eigenvalue weighted by Crippen LogP contribution is 2.23. The lowest BCUT2D eigenvalue weighted by Gasteiger charge is -2.25. The molecule has 0 saturated heterocycles. The first-order valence-electron chi connectivity index (χ1n) is 5.67. The first-order chi connectivity index (χ1) is 7.83. The van der Waals surface area contributed by atoms with Crippen molar-refractivity contribution >= 4 is 5.69 Å².